The van der Waals surface area contributed by atoms with Gasteiger partial charge in [0.25, 0.3) is 5.91 Å². The Morgan fingerprint density at radius 1 is 1.00 bits per heavy atom. The molecule has 164 valence electrons. The molecule has 1 amide bonds. The van der Waals surface area contributed by atoms with Crippen LogP contribution in [0.4, 0.5) is 5.13 Å². The molecule has 0 unspecified atom stereocenters. The summed E-state index contributed by atoms with van der Waals surface area (Å²) >= 11 is 1.46. The number of fused-ring (bicyclic) bond motifs is 1. The van der Waals surface area contributed by atoms with Gasteiger partial charge in [0.15, 0.2) is 15.0 Å². The molecule has 0 radical (unpaired) electrons. The molecule has 0 aliphatic carbocycles. The normalized spacial score (nSPS) is 11.6. The number of thiazole rings is 1. The Morgan fingerprint density at radius 2 is 1.78 bits per heavy atom. The lowest BCUT2D eigenvalue weighted by atomic mass is 10.1. The summed E-state index contributed by atoms with van der Waals surface area (Å²) in [7, 11) is -3.33. The van der Waals surface area contributed by atoms with E-state index in [9.17, 15) is 13.2 Å². The fourth-order valence-corrected chi connectivity index (χ4v) is 5.30. The number of carbonyl (C=O) groups is 1. The molecule has 4 aromatic rings. The maximum Gasteiger partial charge on any atom is 0.260 e. The smallest absolute Gasteiger partial charge is 0.260 e. The quantitative estimate of drug-likeness (QED) is 0.388. The van der Waals surface area contributed by atoms with Crippen LogP contribution in [-0.4, -0.2) is 30.0 Å². The van der Waals surface area contributed by atoms with Crippen LogP contribution in [0.2, 0.25) is 0 Å². The van der Waals surface area contributed by atoms with Gasteiger partial charge in [0.1, 0.15) is 0 Å². The van der Waals surface area contributed by atoms with Crippen LogP contribution in [0.25, 0.3) is 10.2 Å². The third-order valence-electron chi connectivity index (χ3n) is 5.23. The van der Waals surface area contributed by atoms with Gasteiger partial charge in [-0.25, -0.2) is 13.4 Å². The zero-order valence-electron chi connectivity index (χ0n) is 17.9. The lowest BCUT2D eigenvalue weighted by molar-refractivity contribution is 0.0984. The first-order chi connectivity index (χ1) is 15.4. The number of rotatable bonds is 7. The lowest BCUT2D eigenvalue weighted by Gasteiger charge is -2.19. The zero-order valence-corrected chi connectivity index (χ0v) is 19.5. The van der Waals surface area contributed by atoms with Gasteiger partial charge in [-0.05, 0) is 54.4 Å². The number of aryl methyl sites for hydroxylation is 1. The lowest BCUT2D eigenvalue weighted by Crippen LogP contribution is -2.30. The maximum absolute atomic E-state index is 13.5. The number of pyridine rings is 1. The summed E-state index contributed by atoms with van der Waals surface area (Å²) in [5, 5.41) is 0.585. The Hall–Kier alpha value is -3.10. The molecule has 0 fully saturated rings. The van der Waals surface area contributed by atoms with Crippen LogP contribution in [0.15, 0.2) is 71.8 Å². The molecular formula is C24H23N3O3S2. The molecule has 8 heteroatoms. The monoisotopic (exact) mass is 465 g/mol. The van der Waals surface area contributed by atoms with Crippen LogP contribution in [0.5, 0.6) is 0 Å². The van der Waals surface area contributed by atoms with Gasteiger partial charge in [0.05, 0.1) is 33.1 Å². The molecule has 2 aromatic heterocycles. The minimum atomic E-state index is -3.33. The van der Waals surface area contributed by atoms with Gasteiger partial charge in [-0.1, -0.05) is 43.4 Å². The highest BCUT2D eigenvalue weighted by Crippen LogP contribution is 2.32. The number of carbonyl (C=O) groups excluding carboxylic acids is 1. The molecule has 4 rings (SSSR count). The minimum Gasteiger partial charge on any atom is -0.278 e. The van der Waals surface area contributed by atoms with Gasteiger partial charge >= 0.3 is 0 Å². The largest absolute Gasteiger partial charge is 0.278 e. The second-order valence-corrected chi connectivity index (χ2v) is 10.5. The predicted octanol–water partition coefficient (Wildman–Crippen LogP) is 4.89. The summed E-state index contributed by atoms with van der Waals surface area (Å²) < 4.78 is 25.3. The molecular weight excluding hydrogens is 442 g/mol. The first-order valence-electron chi connectivity index (χ1n) is 10.4. The third kappa shape index (κ3) is 4.42. The number of benzene rings is 2. The first kappa shape index (κ1) is 22.1. The molecule has 0 saturated heterocycles. The molecule has 0 saturated carbocycles. The number of aromatic nitrogens is 2. The molecule has 0 atom stereocenters. The Labute approximate surface area is 191 Å². The van der Waals surface area contributed by atoms with Crippen LogP contribution in [0, 0.1) is 0 Å². The molecule has 32 heavy (non-hydrogen) atoms. The van der Waals surface area contributed by atoms with Crippen LogP contribution in [0.3, 0.4) is 0 Å². The van der Waals surface area contributed by atoms with Crippen molar-refractivity contribution in [2.45, 2.75) is 31.7 Å². The van der Waals surface area contributed by atoms with Gasteiger partial charge in [-0.15, -0.1) is 0 Å². The van der Waals surface area contributed by atoms with E-state index in [1.165, 1.54) is 23.5 Å². The second kappa shape index (κ2) is 9.18. The van der Waals surface area contributed by atoms with Crippen molar-refractivity contribution in [3.63, 3.8) is 0 Å². The van der Waals surface area contributed by atoms with Crippen molar-refractivity contribution in [3.05, 3.63) is 83.7 Å². The van der Waals surface area contributed by atoms with E-state index in [0.29, 0.717) is 10.7 Å². The fraction of sp³-hybridized carbons (Fsp3) is 0.208. The van der Waals surface area contributed by atoms with E-state index in [1.54, 1.807) is 30.2 Å². The highest BCUT2D eigenvalue weighted by atomic mass is 32.2. The first-order valence-corrected chi connectivity index (χ1v) is 12.8. The maximum atomic E-state index is 13.5. The van der Waals surface area contributed by atoms with Crippen molar-refractivity contribution in [1.82, 2.24) is 9.97 Å². The SMILES string of the molecule is CCc1cccc2sc(N(Cc3ccccn3)C(=O)c3ccc(S(=O)(=O)CC)cc3)nc12. The number of amides is 1. The number of anilines is 1. The van der Waals surface area contributed by atoms with E-state index in [4.69, 9.17) is 4.98 Å². The number of hydrogen-bond donors (Lipinski definition) is 0. The van der Waals surface area contributed by atoms with E-state index in [1.807, 2.05) is 36.4 Å². The summed E-state index contributed by atoms with van der Waals surface area (Å²) in [6.07, 6.45) is 2.54. The predicted molar refractivity (Wildman–Crippen MR) is 128 cm³/mol. The van der Waals surface area contributed by atoms with E-state index in [2.05, 4.69) is 11.9 Å². The summed E-state index contributed by atoms with van der Waals surface area (Å²) in [5.41, 5.74) is 3.16. The van der Waals surface area contributed by atoms with Crippen molar-refractivity contribution in [1.29, 1.82) is 0 Å². The van der Waals surface area contributed by atoms with E-state index < -0.39 is 9.84 Å². The standard InChI is InChI=1S/C24H23N3O3S2/c1-3-17-8-7-10-21-22(17)26-24(31-21)27(16-19-9-5-6-15-25-19)23(28)18-11-13-20(14-12-18)32(29,30)4-2/h5-15H,3-4,16H2,1-2H3. The van der Waals surface area contributed by atoms with Gasteiger partial charge < -0.3 is 0 Å². The van der Waals surface area contributed by atoms with Gasteiger partial charge in [-0.3, -0.25) is 14.7 Å². The van der Waals surface area contributed by atoms with Gasteiger partial charge in [-0.2, -0.15) is 0 Å². The molecule has 6 nitrogen and oxygen atoms in total. The Morgan fingerprint density at radius 3 is 2.44 bits per heavy atom. The number of hydrogen-bond acceptors (Lipinski definition) is 6. The van der Waals surface area contributed by atoms with Crippen molar-refractivity contribution in [2.24, 2.45) is 0 Å². The molecule has 2 heterocycles. The Bertz CT molecular complexity index is 1350. The Balaban J connectivity index is 1.75. The van der Waals surface area contributed by atoms with Gasteiger partial charge in [0.2, 0.25) is 0 Å². The molecule has 0 aliphatic heterocycles. The van der Waals surface area contributed by atoms with Gasteiger partial charge in [0, 0.05) is 11.8 Å². The zero-order chi connectivity index (χ0) is 22.7. The fourth-order valence-electron chi connectivity index (χ4n) is 3.40. The molecule has 0 N–H and O–H groups in total. The summed E-state index contributed by atoms with van der Waals surface area (Å²) in [5.74, 6) is -0.245. The third-order valence-corrected chi connectivity index (χ3v) is 8.03. The van der Waals surface area contributed by atoms with Crippen molar-refractivity contribution in [2.75, 3.05) is 10.7 Å². The minimum absolute atomic E-state index is 0.0115. The van der Waals surface area contributed by atoms with Crippen molar-refractivity contribution < 1.29 is 13.2 Å². The highest BCUT2D eigenvalue weighted by Gasteiger charge is 2.23. The number of sulfone groups is 1. The average molecular weight is 466 g/mol. The van der Waals surface area contributed by atoms with Crippen molar-refractivity contribution in [3.8, 4) is 0 Å². The molecule has 0 spiro atoms. The molecule has 0 bridgehead atoms. The van der Waals surface area contributed by atoms with Crippen LogP contribution in [0.1, 0.15) is 35.5 Å². The highest BCUT2D eigenvalue weighted by molar-refractivity contribution is 7.91. The summed E-state index contributed by atoms with van der Waals surface area (Å²) in [4.78, 5) is 24.5. The topological polar surface area (TPSA) is 80.2 Å². The number of para-hydroxylation sites is 1. The van der Waals surface area contributed by atoms with E-state index >= 15 is 0 Å². The molecule has 0 aliphatic rings. The summed E-state index contributed by atoms with van der Waals surface area (Å²) in [6.45, 7) is 3.94. The van der Waals surface area contributed by atoms with E-state index in [0.717, 1.165) is 27.9 Å². The summed E-state index contributed by atoms with van der Waals surface area (Å²) in [6, 6.07) is 17.7. The van der Waals surface area contributed by atoms with Crippen LogP contribution in [-0.2, 0) is 22.8 Å². The van der Waals surface area contributed by atoms with Crippen molar-refractivity contribution >= 4 is 42.4 Å². The molecule has 2 aromatic carbocycles. The average Bonchev–Trinajstić information content (AvgIpc) is 3.27. The second-order valence-electron chi connectivity index (χ2n) is 7.25. The van der Waals surface area contributed by atoms with E-state index in [-0.39, 0.29) is 23.1 Å². The van der Waals surface area contributed by atoms with Crippen LogP contribution >= 0.6 is 11.3 Å². The Kier molecular flexibility index (Phi) is 6.34. The van der Waals surface area contributed by atoms with Crippen LogP contribution < -0.4 is 4.90 Å². The number of nitrogens with zero attached hydrogens (tertiary/aromatic N) is 3.